The van der Waals surface area contributed by atoms with Crippen molar-refractivity contribution in [2.24, 2.45) is 0 Å². The standard InChI is InChI=1S/C14H20N2O3/c1-10-5-4-6-11(9-10)7-8-16(3)13(17)12(15-2)14(18)19/h4-6,9,12,15H,7-8H2,1-3H3,(H,18,19). The zero-order valence-corrected chi connectivity index (χ0v) is 11.5. The van der Waals surface area contributed by atoms with E-state index in [-0.39, 0.29) is 0 Å². The largest absolute Gasteiger partial charge is 0.480 e. The summed E-state index contributed by atoms with van der Waals surface area (Å²) in [6.45, 7) is 2.51. The van der Waals surface area contributed by atoms with Gasteiger partial charge in [0.2, 0.25) is 0 Å². The highest BCUT2D eigenvalue weighted by Crippen LogP contribution is 2.05. The second-order valence-electron chi connectivity index (χ2n) is 4.56. The quantitative estimate of drug-likeness (QED) is 0.741. The van der Waals surface area contributed by atoms with E-state index in [0.717, 1.165) is 5.56 Å². The van der Waals surface area contributed by atoms with E-state index in [2.05, 4.69) is 11.4 Å². The highest BCUT2D eigenvalue weighted by atomic mass is 16.4. The topological polar surface area (TPSA) is 69.6 Å². The van der Waals surface area contributed by atoms with Gasteiger partial charge < -0.3 is 10.0 Å². The molecule has 0 aliphatic carbocycles. The van der Waals surface area contributed by atoms with Crippen LogP contribution in [0.4, 0.5) is 0 Å². The summed E-state index contributed by atoms with van der Waals surface area (Å²) >= 11 is 0. The van der Waals surface area contributed by atoms with E-state index in [1.54, 1.807) is 7.05 Å². The zero-order chi connectivity index (χ0) is 14.4. The molecule has 0 bridgehead atoms. The van der Waals surface area contributed by atoms with Gasteiger partial charge in [-0.25, -0.2) is 4.79 Å². The maximum atomic E-state index is 11.9. The number of hydrogen-bond donors (Lipinski definition) is 2. The molecule has 0 radical (unpaired) electrons. The van der Waals surface area contributed by atoms with Crippen LogP contribution in [-0.2, 0) is 16.0 Å². The fraction of sp³-hybridized carbons (Fsp3) is 0.429. The SMILES string of the molecule is CNC(C(=O)O)C(=O)N(C)CCc1cccc(C)c1. The van der Waals surface area contributed by atoms with Gasteiger partial charge in [-0.2, -0.15) is 0 Å². The molecular weight excluding hydrogens is 244 g/mol. The third-order valence-corrected chi connectivity index (χ3v) is 2.98. The third-order valence-electron chi connectivity index (χ3n) is 2.98. The van der Waals surface area contributed by atoms with Crippen molar-refractivity contribution in [1.82, 2.24) is 10.2 Å². The van der Waals surface area contributed by atoms with Crippen LogP contribution < -0.4 is 5.32 Å². The molecule has 2 N–H and O–H groups in total. The fourth-order valence-electron chi connectivity index (χ4n) is 1.85. The molecular formula is C14H20N2O3. The van der Waals surface area contributed by atoms with Crippen molar-refractivity contribution in [1.29, 1.82) is 0 Å². The molecule has 1 amide bonds. The lowest BCUT2D eigenvalue weighted by atomic mass is 10.1. The number of hydrogen-bond acceptors (Lipinski definition) is 3. The lowest BCUT2D eigenvalue weighted by Crippen LogP contribution is -2.48. The van der Waals surface area contributed by atoms with Crippen molar-refractivity contribution in [3.05, 3.63) is 35.4 Å². The molecule has 0 heterocycles. The molecule has 0 saturated heterocycles. The van der Waals surface area contributed by atoms with Gasteiger partial charge in [0, 0.05) is 13.6 Å². The molecule has 0 spiro atoms. The van der Waals surface area contributed by atoms with E-state index in [0.29, 0.717) is 13.0 Å². The summed E-state index contributed by atoms with van der Waals surface area (Å²) in [5, 5.41) is 11.4. The number of aryl methyl sites for hydroxylation is 1. The number of carboxylic acids is 1. The zero-order valence-electron chi connectivity index (χ0n) is 11.5. The van der Waals surface area contributed by atoms with Crippen LogP contribution in [0.15, 0.2) is 24.3 Å². The van der Waals surface area contributed by atoms with Gasteiger partial charge in [0.1, 0.15) is 0 Å². The second-order valence-corrected chi connectivity index (χ2v) is 4.56. The smallest absolute Gasteiger partial charge is 0.330 e. The summed E-state index contributed by atoms with van der Waals surface area (Å²) in [6.07, 6.45) is 0.708. The van der Waals surface area contributed by atoms with Crippen LogP contribution in [0.2, 0.25) is 0 Å². The highest BCUT2D eigenvalue weighted by molar-refractivity contribution is 6.01. The van der Waals surface area contributed by atoms with Gasteiger partial charge >= 0.3 is 5.97 Å². The predicted molar refractivity (Wildman–Crippen MR) is 73.0 cm³/mol. The first-order valence-electron chi connectivity index (χ1n) is 6.16. The average molecular weight is 264 g/mol. The van der Waals surface area contributed by atoms with Crippen molar-refractivity contribution < 1.29 is 14.7 Å². The van der Waals surface area contributed by atoms with Crippen LogP contribution in [0.5, 0.6) is 0 Å². The van der Waals surface area contributed by atoms with Gasteiger partial charge in [-0.1, -0.05) is 29.8 Å². The molecule has 0 saturated carbocycles. The predicted octanol–water partition coefficient (Wildman–Crippen LogP) is 0.669. The summed E-state index contributed by atoms with van der Waals surface area (Å²) in [6, 6.07) is 6.87. The van der Waals surface area contributed by atoms with Gasteiger partial charge in [-0.3, -0.25) is 10.1 Å². The Balaban J connectivity index is 2.57. The molecule has 1 unspecified atom stereocenters. The van der Waals surface area contributed by atoms with Gasteiger partial charge in [0.15, 0.2) is 6.04 Å². The van der Waals surface area contributed by atoms with Crippen molar-refractivity contribution in [2.75, 3.05) is 20.6 Å². The number of likely N-dealkylation sites (N-methyl/N-ethyl adjacent to an activating group) is 2. The fourth-order valence-corrected chi connectivity index (χ4v) is 1.85. The molecule has 1 aromatic rings. The third kappa shape index (κ3) is 4.37. The molecule has 5 heteroatoms. The van der Waals surface area contributed by atoms with Crippen molar-refractivity contribution in [3.8, 4) is 0 Å². The molecule has 1 rings (SSSR count). The van der Waals surface area contributed by atoms with Crippen molar-refractivity contribution >= 4 is 11.9 Å². The minimum Gasteiger partial charge on any atom is -0.480 e. The van der Waals surface area contributed by atoms with Crippen LogP contribution in [-0.4, -0.2) is 48.6 Å². The summed E-state index contributed by atoms with van der Waals surface area (Å²) in [4.78, 5) is 24.2. The van der Waals surface area contributed by atoms with Crippen LogP contribution in [0, 0.1) is 6.92 Å². The molecule has 0 fully saturated rings. The Kier molecular flexibility index (Phi) is 5.51. The van der Waals surface area contributed by atoms with Crippen LogP contribution in [0.1, 0.15) is 11.1 Å². The minimum atomic E-state index is -1.18. The van der Waals surface area contributed by atoms with E-state index in [1.807, 2.05) is 25.1 Å². The van der Waals surface area contributed by atoms with E-state index in [1.165, 1.54) is 17.5 Å². The number of aliphatic carboxylic acids is 1. The average Bonchev–Trinajstić information content (AvgIpc) is 2.36. The van der Waals surface area contributed by atoms with Crippen molar-refractivity contribution in [2.45, 2.75) is 19.4 Å². The number of nitrogens with zero attached hydrogens (tertiary/aromatic N) is 1. The number of carbonyl (C=O) groups is 2. The van der Waals surface area contributed by atoms with E-state index < -0.39 is 17.9 Å². The van der Waals surface area contributed by atoms with E-state index in [9.17, 15) is 9.59 Å². The molecule has 1 aromatic carbocycles. The molecule has 1 atom stereocenters. The second kappa shape index (κ2) is 6.89. The van der Waals surface area contributed by atoms with Gasteiger partial charge in [-0.05, 0) is 26.0 Å². The molecule has 0 aromatic heterocycles. The Morgan fingerprint density at radius 3 is 2.63 bits per heavy atom. The number of nitrogens with one attached hydrogen (secondary N) is 1. The first-order chi connectivity index (χ1) is 8.95. The normalized spacial score (nSPS) is 11.9. The van der Waals surface area contributed by atoms with Crippen LogP contribution in [0.3, 0.4) is 0 Å². The molecule has 104 valence electrons. The number of benzene rings is 1. The number of amides is 1. The summed E-state index contributed by atoms with van der Waals surface area (Å²) in [5.41, 5.74) is 2.31. The Morgan fingerprint density at radius 1 is 1.42 bits per heavy atom. The minimum absolute atomic E-state index is 0.428. The Hall–Kier alpha value is -1.88. The summed E-state index contributed by atoms with van der Waals surface area (Å²) in [7, 11) is 3.08. The van der Waals surface area contributed by atoms with E-state index in [4.69, 9.17) is 5.11 Å². The molecule has 0 aliphatic rings. The van der Waals surface area contributed by atoms with Gasteiger partial charge in [0.05, 0.1) is 0 Å². The maximum Gasteiger partial charge on any atom is 0.330 e. The summed E-state index contributed by atoms with van der Waals surface area (Å²) in [5.74, 6) is -1.59. The first kappa shape index (κ1) is 15.2. The van der Waals surface area contributed by atoms with Crippen LogP contribution in [0.25, 0.3) is 0 Å². The first-order valence-corrected chi connectivity index (χ1v) is 6.16. The molecule has 19 heavy (non-hydrogen) atoms. The Labute approximate surface area is 113 Å². The Morgan fingerprint density at radius 2 is 2.11 bits per heavy atom. The van der Waals surface area contributed by atoms with Crippen molar-refractivity contribution in [3.63, 3.8) is 0 Å². The Bertz CT molecular complexity index is 460. The molecule has 0 aliphatic heterocycles. The number of rotatable bonds is 6. The van der Waals surface area contributed by atoms with E-state index >= 15 is 0 Å². The summed E-state index contributed by atoms with van der Waals surface area (Å²) < 4.78 is 0. The monoisotopic (exact) mass is 264 g/mol. The number of carbonyl (C=O) groups excluding carboxylic acids is 1. The van der Waals surface area contributed by atoms with Crippen LogP contribution >= 0.6 is 0 Å². The highest BCUT2D eigenvalue weighted by Gasteiger charge is 2.26. The van der Waals surface area contributed by atoms with Gasteiger partial charge in [0.25, 0.3) is 5.91 Å². The maximum absolute atomic E-state index is 11.9. The lowest BCUT2D eigenvalue weighted by Gasteiger charge is -2.21. The van der Waals surface area contributed by atoms with Gasteiger partial charge in [-0.15, -0.1) is 0 Å². The molecule has 5 nitrogen and oxygen atoms in total. The lowest BCUT2D eigenvalue weighted by molar-refractivity contribution is -0.147. The number of carboxylic acid groups (broad SMARTS) is 1.